The smallest absolute Gasteiger partial charge is 0.120 e. The van der Waals surface area contributed by atoms with Crippen LogP contribution in [0.5, 0.6) is 5.75 Å². The lowest BCUT2D eigenvalue weighted by molar-refractivity contribution is 0.131. The Hall–Kier alpha value is -2.16. The predicted octanol–water partition coefficient (Wildman–Crippen LogP) is 4.67. The normalized spacial score (nSPS) is 11.1. The maximum Gasteiger partial charge on any atom is 0.120 e. The van der Waals surface area contributed by atoms with E-state index < -0.39 is 0 Å². The summed E-state index contributed by atoms with van der Waals surface area (Å²) >= 11 is 0. The van der Waals surface area contributed by atoms with E-state index >= 15 is 0 Å². The number of anilines is 3. The quantitative estimate of drug-likeness (QED) is 0.882. The molecule has 2 rings (SSSR count). The topological polar surface area (TPSA) is 24.5 Å². The molecule has 0 atom stereocenters. The zero-order valence-corrected chi connectivity index (χ0v) is 13.5. The molecular formula is C18H24N2O. The lowest BCUT2D eigenvalue weighted by Gasteiger charge is -2.21. The minimum atomic E-state index is -0.170. The molecule has 3 nitrogen and oxygen atoms in total. The molecule has 2 aromatic carbocycles. The molecule has 3 heteroatoms. The lowest BCUT2D eigenvalue weighted by atomic mass is 10.2. The summed E-state index contributed by atoms with van der Waals surface area (Å²) in [7, 11) is 4.08. The van der Waals surface area contributed by atoms with Crippen LogP contribution in [-0.2, 0) is 0 Å². The lowest BCUT2D eigenvalue weighted by Crippen LogP contribution is -2.22. The van der Waals surface area contributed by atoms with Crippen LogP contribution in [-0.4, -0.2) is 19.7 Å². The maximum atomic E-state index is 5.82. The minimum Gasteiger partial charge on any atom is -0.488 e. The molecule has 0 amide bonds. The van der Waals surface area contributed by atoms with Gasteiger partial charge in [0.1, 0.15) is 11.4 Å². The van der Waals surface area contributed by atoms with Crippen molar-refractivity contribution in [1.82, 2.24) is 0 Å². The van der Waals surface area contributed by atoms with Gasteiger partial charge in [-0.2, -0.15) is 0 Å². The zero-order chi connectivity index (χ0) is 15.5. The van der Waals surface area contributed by atoms with Crippen LogP contribution < -0.4 is 15.0 Å². The summed E-state index contributed by atoms with van der Waals surface area (Å²) in [5.41, 5.74) is 3.14. The second-order valence-corrected chi connectivity index (χ2v) is 6.31. The van der Waals surface area contributed by atoms with Crippen LogP contribution in [0, 0.1) is 0 Å². The molecule has 0 aliphatic rings. The molecule has 2 aromatic rings. The fraction of sp³-hybridized carbons (Fsp3) is 0.333. The third-order valence-electron chi connectivity index (χ3n) is 2.95. The maximum absolute atomic E-state index is 5.82. The number of hydrogen-bond acceptors (Lipinski definition) is 3. The molecule has 0 heterocycles. The van der Waals surface area contributed by atoms with Gasteiger partial charge in [0.05, 0.1) is 0 Å². The Morgan fingerprint density at radius 3 is 1.71 bits per heavy atom. The van der Waals surface area contributed by atoms with E-state index in [4.69, 9.17) is 4.74 Å². The predicted molar refractivity (Wildman–Crippen MR) is 90.9 cm³/mol. The van der Waals surface area contributed by atoms with Crippen molar-refractivity contribution in [3.8, 4) is 5.75 Å². The monoisotopic (exact) mass is 284 g/mol. The molecule has 0 radical (unpaired) electrons. The van der Waals surface area contributed by atoms with Crippen molar-refractivity contribution in [2.45, 2.75) is 26.4 Å². The van der Waals surface area contributed by atoms with Crippen molar-refractivity contribution in [2.24, 2.45) is 0 Å². The van der Waals surface area contributed by atoms with Gasteiger partial charge < -0.3 is 15.0 Å². The third-order valence-corrected chi connectivity index (χ3v) is 2.95. The summed E-state index contributed by atoms with van der Waals surface area (Å²) in [4.78, 5) is 2.09. The Balaban J connectivity index is 2.03. The van der Waals surface area contributed by atoms with Crippen LogP contribution in [0.25, 0.3) is 0 Å². The van der Waals surface area contributed by atoms with Gasteiger partial charge in [0.15, 0.2) is 0 Å². The van der Waals surface area contributed by atoms with Crippen LogP contribution in [0.3, 0.4) is 0 Å². The van der Waals surface area contributed by atoms with E-state index in [-0.39, 0.29) is 5.60 Å². The standard InChI is InChI=1S/C18H24N2O/c1-18(2,3)21-17-12-8-15(9-13-17)19-14-6-10-16(11-7-14)20(4)5/h6-13,19H,1-5H3. The highest BCUT2D eigenvalue weighted by molar-refractivity contribution is 5.63. The van der Waals surface area contributed by atoms with Gasteiger partial charge >= 0.3 is 0 Å². The van der Waals surface area contributed by atoms with Crippen molar-refractivity contribution >= 4 is 17.1 Å². The Morgan fingerprint density at radius 2 is 1.29 bits per heavy atom. The number of nitrogens with one attached hydrogen (secondary N) is 1. The summed E-state index contributed by atoms with van der Waals surface area (Å²) in [6, 6.07) is 16.4. The average Bonchev–Trinajstić information content (AvgIpc) is 2.40. The Morgan fingerprint density at radius 1 is 0.810 bits per heavy atom. The van der Waals surface area contributed by atoms with Crippen molar-refractivity contribution in [1.29, 1.82) is 0 Å². The van der Waals surface area contributed by atoms with Crippen molar-refractivity contribution < 1.29 is 4.74 Å². The molecule has 0 aromatic heterocycles. The molecule has 0 aliphatic carbocycles. The van der Waals surface area contributed by atoms with Gasteiger partial charge in [-0.3, -0.25) is 0 Å². The first-order valence-corrected chi connectivity index (χ1v) is 7.17. The largest absolute Gasteiger partial charge is 0.488 e. The molecule has 0 unspecified atom stereocenters. The minimum absolute atomic E-state index is 0.170. The highest BCUT2D eigenvalue weighted by Crippen LogP contribution is 2.24. The van der Waals surface area contributed by atoms with Crippen LogP contribution >= 0.6 is 0 Å². The van der Waals surface area contributed by atoms with Crippen LogP contribution in [0.1, 0.15) is 20.8 Å². The number of nitrogens with zero attached hydrogens (tertiary/aromatic N) is 1. The van der Waals surface area contributed by atoms with Crippen molar-refractivity contribution in [3.63, 3.8) is 0 Å². The van der Waals surface area contributed by atoms with Gasteiger partial charge in [0.2, 0.25) is 0 Å². The number of rotatable bonds is 4. The molecule has 0 aliphatic heterocycles. The van der Waals surface area contributed by atoms with Gasteiger partial charge in [-0.25, -0.2) is 0 Å². The number of benzene rings is 2. The van der Waals surface area contributed by atoms with E-state index in [0.717, 1.165) is 17.1 Å². The molecule has 0 spiro atoms. The summed E-state index contributed by atoms with van der Waals surface area (Å²) in [5, 5.41) is 3.39. The van der Waals surface area contributed by atoms with Crippen molar-refractivity contribution in [2.75, 3.05) is 24.3 Å². The Kier molecular flexibility index (Phi) is 4.41. The van der Waals surface area contributed by atoms with E-state index in [2.05, 4.69) is 34.5 Å². The molecule has 0 saturated heterocycles. The van der Waals surface area contributed by atoms with Crippen LogP contribution in [0.4, 0.5) is 17.1 Å². The summed E-state index contributed by atoms with van der Waals surface area (Å²) in [5.74, 6) is 0.885. The first-order chi connectivity index (χ1) is 9.83. The fourth-order valence-electron chi connectivity index (χ4n) is 1.97. The first-order valence-electron chi connectivity index (χ1n) is 7.17. The number of hydrogen-bond donors (Lipinski definition) is 1. The molecule has 0 saturated carbocycles. The molecular weight excluding hydrogens is 260 g/mol. The van der Waals surface area contributed by atoms with Gasteiger partial charge in [-0.1, -0.05) is 0 Å². The fourth-order valence-corrected chi connectivity index (χ4v) is 1.97. The van der Waals surface area contributed by atoms with E-state index in [9.17, 15) is 0 Å². The summed E-state index contributed by atoms with van der Waals surface area (Å²) < 4.78 is 5.82. The van der Waals surface area contributed by atoms with E-state index in [1.807, 2.05) is 59.1 Å². The van der Waals surface area contributed by atoms with E-state index in [1.165, 1.54) is 5.69 Å². The second-order valence-electron chi connectivity index (χ2n) is 6.31. The summed E-state index contributed by atoms with van der Waals surface area (Å²) in [6.07, 6.45) is 0. The highest BCUT2D eigenvalue weighted by atomic mass is 16.5. The molecule has 112 valence electrons. The summed E-state index contributed by atoms with van der Waals surface area (Å²) in [6.45, 7) is 6.14. The van der Waals surface area contributed by atoms with Gasteiger partial charge in [-0.05, 0) is 69.3 Å². The van der Waals surface area contributed by atoms with E-state index in [1.54, 1.807) is 0 Å². The van der Waals surface area contributed by atoms with E-state index in [0.29, 0.717) is 0 Å². The van der Waals surface area contributed by atoms with Gasteiger partial charge in [0, 0.05) is 31.2 Å². The van der Waals surface area contributed by atoms with Gasteiger partial charge in [0.25, 0.3) is 0 Å². The van der Waals surface area contributed by atoms with Crippen LogP contribution in [0.15, 0.2) is 48.5 Å². The van der Waals surface area contributed by atoms with Crippen molar-refractivity contribution in [3.05, 3.63) is 48.5 Å². The SMILES string of the molecule is CN(C)c1ccc(Nc2ccc(OC(C)(C)C)cc2)cc1. The Bertz CT molecular complexity index is 566. The Labute approximate surface area is 127 Å². The average molecular weight is 284 g/mol. The van der Waals surface area contributed by atoms with Gasteiger partial charge in [-0.15, -0.1) is 0 Å². The van der Waals surface area contributed by atoms with Crippen LogP contribution in [0.2, 0.25) is 0 Å². The zero-order valence-electron chi connectivity index (χ0n) is 13.5. The molecule has 21 heavy (non-hydrogen) atoms. The third kappa shape index (κ3) is 4.71. The highest BCUT2D eigenvalue weighted by Gasteiger charge is 2.11. The number of ether oxygens (including phenoxy) is 1. The molecule has 0 fully saturated rings. The molecule has 1 N–H and O–H groups in total. The second kappa shape index (κ2) is 6.08. The first kappa shape index (κ1) is 15.2. The molecule has 0 bridgehead atoms.